The van der Waals surface area contributed by atoms with E-state index < -0.39 is 5.69 Å². The van der Waals surface area contributed by atoms with Crippen LogP contribution in [0.2, 0.25) is 0 Å². The highest BCUT2D eigenvalue weighted by Gasteiger charge is 2.21. The number of rotatable bonds is 1. The molecule has 0 radical (unpaired) electrons. The lowest BCUT2D eigenvalue weighted by Gasteiger charge is -2.30. The molecule has 0 unspecified atom stereocenters. The molecular formula is C13H17N5O3. The third-order valence-corrected chi connectivity index (χ3v) is 3.80. The summed E-state index contributed by atoms with van der Waals surface area (Å²) in [5, 5.41) is 0.376. The first-order valence-electron chi connectivity index (χ1n) is 6.69. The minimum absolute atomic E-state index is 0.346. The van der Waals surface area contributed by atoms with Gasteiger partial charge in [-0.1, -0.05) is 0 Å². The number of fused-ring (bicyclic) bond motifs is 1. The molecule has 0 spiro atoms. The molecule has 1 aliphatic rings. The number of nitrogens with zero attached hydrogens (tertiary/aromatic N) is 4. The molecule has 0 aromatic carbocycles. The third kappa shape index (κ3) is 1.99. The second-order valence-electron chi connectivity index (χ2n) is 5.07. The summed E-state index contributed by atoms with van der Waals surface area (Å²) in [5.74, 6) is 0. The Labute approximate surface area is 120 Å². The fraction of sp³-hybridized carbons (Fsp3) is 0.462. The van der Waals surface area contributed by atoms with Crippen molar-refractivity contribution in [3.8, 4) is 0 Å². The predicted molar refractivity (Wildman–Crippen MR) is 79.7 cm³/mol. The predicted octanol–water partition coefficient (Wildman–Crippen LogP) is -0.949. The lowest BCUT2D eigenvalue weighted by Crippen LogP contribution is -2.41. The number of nitrogen functional groups attached to an aromatic ring is 1. The standard InChI is InChI=1S/C13H17N5O3/c1-16-11-9(12(19)17(2)13(16)20)10(8(14)7-15-11)18-3-5-21-6-4-18/h7H,3-6,14H2,1-2H3. The molecule has 21 heavy (non-hydrogen) atoms. The van der Waals surface area contributed by atoms with E-state index in [1.165, 1.54) is 17.8 Å². The van der Waals surface area contributed by atoms with E-state index in [2.05, 4.69) is 4.98 Å². The van der Waals surface area contributed by atoms with E-state index in [-0.39, 0.29) is 5.56 Å². The molecule has 1 fully saturated rings. The van der Waals surface area contributed by atoms with Crippen molar-refractivity contribution in [1.29, 1.82) is 0 Å². The van der Waals surface area contributed by atoms with Crippen molar-refractivity contribution in [2.24, 2.45) is 14.1 Å². The maximum absolute atomic E-state index is 12.5. The summed E-state index contributed by atoms with van der Waals surface area (Å²) >= 11 is 0. The maximum Gasteiger partial charge on any atom is 0.332 e. The summed E-state index contributed by atoms with van der Waals surface area (Å²) in [6.45, 7) is 2.45. The van der Waals surface area contributed by atoms with Gasteiger partial charge in [-0.15, -0.1) is 0 Å². The van der Waals surface area contributed by atoms with Gasteiger partial charge >= 0.3 is 5.69 Å². The lowest BCUT2D eigenvalue weighted by atomic mass is 10.2. The van der Waals surface area contributed by atoms with Gasteiger partial charge in [0.25, 0.3) is 5.56 Å². The highest BCUT2D eigenvalue weighted by Crippen LogP contribution is 2.29. The summed E-state index contributed by atoms with van der Waals surface area (Å²) in [4.78, 5) is 30.7. The highest BCUT2D eigenvalue weighted by atomic mass is 16.5. The summed E-state index contributed by atoms with van der Waals surface area (Å²) in [7, 11) is 3.05. The van der Waals surface area contributed by atoms with Crippen LogP contribution in [0.25, 0.3) is 11.0 Å². The fourth-order valence-corrected chi connectivity index (χ4v) is 2.66. The van der Waals surface area contributed by atoms with Gasteiger partial charge in [-0.3, -0.25) is 13.9 Å². The molecule has 2 aromatic heterocycles. The van der Waals surface area contributed by atoms with E-state index in [0.717, 1.165) is 4.57 Å². The molecule has 8 heteroatoms. The Morgan fingerprint density at radius 1 is 1.19 bits per heavy atom. The second-order valence-corrected chi connectivity index (χ2v) is 5.07. The molecular weight excluding hydrogens is 274 g/mol. The highest BCUT2D eigenvalue weighted by molar-refractivity contribution is 5.95. The van der Waals surface area contributed by atoms with Gasteiger partial charge in [0.15, 0.2) is 5.65 Å². The Kier molecular flexibility index (Phi) is 3.17. The Bertz CT molecular complexity index is 817. The zero-order valence-corrected chi connectivity index (χ0v) is 12.0. The third-order valence-electron chi connectivity index (χ3n) is 3.80. The van der Waals surface area contributed by atoms with Crippen LogP contribution in [0.3, 0.4) is 0 Å². The van der Waals surface area contributed by atoms with Crippen molar-refractivity contribution >= 4 is 22.4 Å². The van der Waals surface area contributed by atoms with E-state index in [1.807, 2.05) is 4.90 Å². The van der Waals surface area contributed by atoms with E-state index >= 15 is 0 Å². The Morgan fingerprint density at radius 3 is 2.52 bits per heavy atom. The minimum atomic E-state index is -0.405. The van der Waals surface area contributed by atoms with Crippen LogP contribution >= 0.6 is 0 Å². The van der Waals surface area contributed by atoms with Crippen LogP contribution in [0.5, 0.6) is 0 Å². The van der Waals surface area contributed by atoms with Crippen LogP contribution in [-0.4, -0.2) is 40.4 Å². The number of aryl methyl sites for hydroxylation is 1. The molecule has 0 saturated carbocycles. The van der Waals surface area contributed by atoms with Crippen LogP contribution in [0.4, 0.5) is 11.4 Å². The van der Waals surface area contributed by atoms with Crippen molar-refractivity contribution in [3.63, 3.8) is 0 Å². The molecule has 3 rings (SSSR count). The quantitative estimate of drug-likeness (QED) is 0.728. The maximum atomic E-state index is 12.5. The molecule has 1 saturated heterocycles. The lowest BCUT2D eigenvalue weighted by molar-refractivity contribution is 0.123. The van der Waals surface area contributed by atoms with E-state index in [1.54, 1.807) is 7.05 Å². The zero-order valence-electron chi connectivity index (χ0n) is 12.0. The van der Waals surface area contributed by atoms with Gasteiger partial charge in [0.05, 0.1) is 30.8 Å². The normalized spacial score (nSPS) is 15.6. The molecule has 2 aromatic rings. The number of ether oxygens (including phenoxy) is 1. The van der Waals surface area contributed by atoms with Gasteiger partial charge in [-0.25, -0.2) is 9.78 Å². The molecule has 8 nitrogen and oxygen atoms in total. The first-order valence-corrected chi connectivity index (χ1v) is 6.69. The molecule has 2 N–H and O–H groups in total. The number of hydrogen-bond donors (Lipinski definition) is 1. The number of pyridine rings is 1. The molecule has 1 aliphatic heterocycles. The van der Waals surface area contributed by atoms with Gasteiger partial charge in [0.2, 0.25) is 0 Å². The molecule has 0 bridgehead atoms. The molecule has 0 atom stereocenters. The fourth-order valence-electron chi connectivity index (χ4n) is 2.66. The van der Waals surface area contributed by atoms with Gasteiger partial charge in [-0.2, -0.15) is 0 Å². The van der Waals surface area contributed by atoms with Crippen molar-refractivity contribution in [3.05, 3.63) is 27.0 Å². The van der Waals surface area contributed by atoms with E-state index in [0.29, 0.717) is 48.7 Å². The van der Waals surface area contributed by atoms with Gasteiger partial charge in [0.1, 0.15) is 5.39 Å². The number of morpholine rings is 1. The molecule has 0 aliphatic carbocycles. The van der Waals surface area contributed by atoms with Crippen molar-refractivity contribution in [2.75, 3.05) is 36.9 Å². The van der Waals surface area contributed by atoms with Crippen molar-refractivity contribution in [2.45, 2.75) is 0 Å². The topological polar surface area (TPSA) is 95.4 Å². The monoisotopic (exact) mass is 291 g/mol. The number of hydrogen-bond acceptors (Lipinski definition) is 6. The van der Waals surface area contributed by atoms with Crippen molar-refractivity contribution in [1.82, 2.24) is 14.1 Å². The Morgan fingerprint density at radius 2 is 1.86 bits per heavy atom. The summed E-state index contributed by atoms with van der Waals surface area (Å²) < 4.78 is 7.77. The second kappa shape index (κ2) is 4.88. The first-order chi connectivity index (χ1) is 10.0. The summed E-state index contributed by atoms with van der Waals surface area (Å²) in [5.41, 5.74) is 6.67. The molecule has 112 valence electrons. The van der Waals surface area contributed by atoms with E-state index in [9.17, 15) is 9.59 Å². The SMILES string of the molecule is Cn1c(=O)c2c(N3CCOCC3)c(N)cnc2n(C)c1=O. The Balaban J connectivity index is 2.40. The first kappa shape index (κ1) is 13.6. The molecule has 0 amide bonds. The van der Waals surface area contributed by atoms with Crippen molar-refractivity contribution < 1.29 is 4.74 Å². The summed E-state index contributed by atoms with van der Waals surface area (Å²) in [6, 6.07) is 0. The number of aromatic nitrogens is 3. The number of anilines is 2. The van der Waals surface area contributed by atoms with Crippen LogP contribution in [0.15, 0.2) is 15.8 Å². The average Bonchev–Trinajstić information content (AvgIpc) is 2.51. The van der Waals surface area contributed by atoms with Crippen LogP contribution in [0, 0.1) is 0 Å². The van der Waals surface area contributed by atoms with Crippen LogP contribution < -0.4 is 21.9 Å². The van der Waals surface area contributed by atoms with Gasteiger partial charge in [0, 0.05) is 27.2 Å². The number of nitrogens with two attached hydrogens (primary N) is 1. The van der Waals surface area contributed by atoms with E-state index in [4.69, 9.17) is 10.5 Å². The van der Waals surface area contributed by atoms with Crippen LogP contribution in [-0.2, 0) is 18.8 Å². The smallest absolute Gasteiger partial charge is 0.332 e. The minimum Gasteiger partial charge on any atom is -0.396 e. The Hall–Kier alpha value is -2.35. The molecule has 3 heterocycles. The zero-order chi connectivity index (χ0) is 15.1. The van der Waals surface area contributed by atoms with Crippen LogP contribution in [0.1, 0.15) is 0 Å². The summed E-state index contributed by atoms with van der Waals surface area (Å²) in [6.07, 6.45) is 1.49. The van der Waals surface area contributed by atoms with Gasteiger partial charge in [-0.05, 0) is 0 Å². The average molecular weight is 291 g/mol. The van der Waals surface area contributed by atoms with Gasteiger partial charge < -0.3 is 15.4 Å². The largest absolute Gasteiger partial charge is 0.396 e.